The minimum absolute atomic E-state index is 0.0328. The molecule has 1 aromatic rings. The fourth-order valence-electron chi connectivity index (χ4n) is 1.40. The maximum absolute atomic E-state index is 10.9. The number of ether oxygens (including phenoxy) is 1. The molecule has 0 saturated heterocycles. The summed E-state index contributed by atoms with van der Waals surface area (Å²) < 4.78 is 5.59. The topological polar surface area (TPSA) is 71.5 Å². The molecule has 1 heterocycles. The van der Waals surface area contributed by atoms with Crippen LogP contribution >= 0.6 is 0 Å². The first kappa shape index (κ1) is 13.4. The normalized spacial score (nSPS) is 12.1. The van der Waals surface area contributed by atoms with Gasteiger partial charge in [-0.2, -0.15) is 0 Å². The third kappa shape index (κ3) is 4.40. The third-order valence-electron chi connectivity index (χ3n) is 2.32. The average molecular weight is 238 g/mol. The Balaban J connectivity index is 2.58. The van der Waals surface area contributed by atoms with Crippen molar-refractivity contribution in [3.05, 3.63) is 24.0 Å². The van der Waals surface area contributed by atoms with Gasteiger partial charge < -0.3 is 15.2 Å². The molecule has 1 aromatic heterocycles. The van der Waals surface area contributed by atoms with E-state index in [1.54, 1.807) is 6.07 Å². The molecule has 0 aliphatic rings. The maximum Gasteiger partial charge on any atom is 0.341 e. The van der Waals surface area contributed by atoms with Gasteiger partial charge in [-0.05, 0) is 32.5 Å². The number of hydrogen-bond acceptors (Lipinski definition) is 4. The van der Waals surface area contributed by atoms with E-state index in [0.717, 1.165) is 19.5 Å². The van der Waals surface area contributed by atoms with Crippen LogP contribution in [0.15, 0.2) is 18.5 Å². The van der Waals surface area contributed by atoms with Crippen LogP contribution in [-0.2, 0) is 0 Å². The van der Waals surface area contributed by atoms with E-state index in [1.165, 1.54) is 12.4 Å². The molecule has 0 amide bonds. The Morgan fingerprint density at radius 1 is 1.65 bits per heavy atom. The summed E-state index contributed by atoms with van der Waals surface area (Å²) in [4.78, 5) is 14.7. The molecule has 0 aliphatic heterocycles. The molecule has 17 heavy (non-hydrogen) atoms. The highest BCUT2D eigenvalue weighted by Crippen LogP contribution is 2.18. The third-order valence-corrected chi connectivity index (χ3v) is 2.32. The molecule has 0 aromatic carbocycles. The van der Waals surface area contributed by atoms with Gasteiger partial charge in [-0.3, -0.25) is 4.98 Å². The second kappa shape index (κ2) is 6.85. The number of nitrogens with one attached hydrogen (secondary N) is 1. The highest BCUT2D eigenvalue weighted by atomic mass is 16.5. The number of carboxylic acid groups (broad SMARTS) is 1. The van der Waals surface area contributed by atoms with Crippen LogP contribution in [0.25, 0.3) is 0 Å². The van der Waals surface area contributed by atoms with Crippen LogP contribution in [0.2, 0.25) is 0 Å². The smallest absolute Gasteiger partial charge is 0.341 e. The van der Waals surface area contributed by atoms with E-state index in [0.29, 0.717) is 5.75 Å². The zero-order valence-electron chi connectivity index (χ0n) is 10.1. The monoisotopic (exact) mass is 238 g/mol. The molecule has 5 nitrogen and oxygen atoms in total. The number of carbonyl (C=O) groups is 1. The van der Waals surface area contributed by atoms with Crippen LogP contribution in [0.4, 0.5) is 0 Å². The predicted molar refractivity (Wildman–Crippen MR) is 64.4 cm³/mol. The molecular formula is C12H18N2O3. The molecule has 1 unspecified atom stereocenters. The van der Waals surface area contributed by atoms with Crippen molar-refractivity contribution in [1.29, 1.82) is 0 Å². The molecule has 0 bridgehead atoms. The molecule has 1 atom stereocenters. The number of pyridine rings is 1. The first-order valence-electron chi connectivity index (χ1n) is 5.69. The van der Waals surface area contributed by atoms with Gasteiger partial charge in [0.15, 0.2) is 0 Å². The number of aromatic carboxylic acids is 1. The van der Waals surface area contributed by atoms with E-state index in [-0.39, 0.29) is 11.7 Å². The van der Waals surface area contributed by atoms with Crippen molar-refractivity contribution < 1.29 is 14.6 Å². The lowest BCUT2D eigenvalue weighted by Gasteiger charge is -2.15. The number of hydrogen-bond donors (Lipinski definition) is 2. The summed E-state index contributed by atoms with van der Waals surface area (Å²) in [5.74, 6) is -0.650. The van der Waals surface area contributed by atoms with Gasteiger partial charge in [0, 0.05) is 12.4 Å². The number of nitrogens with zero attached hydrogens (tertiary/aromatic N) is 1. The lowest BCUT2D eigenvalue weighted by molar-refractivity contribution is 0.0689. The predicted octanol–water partition coefficient (Wildman–Crippen LogP) is 1.55. The van der Waals surface area contributed by atoms with Crippen molar-refractivity contribution in [2.24, 2.45) is 0 Å². The Morgan fingerprint density at radius 2 is 2.41 bits per heavy atom. The Kier molecular flexibility index (Phi) is 5.42. The highest BCUT2D eigenvalue weighted by Gasteiger charge is 2.13. The van der Waals surface area contributed by atoms with Gasteiger partial charge in [0.1, 0.15) is 11.3 Å². The minimum Gasteiger partial charge on any atom is -0.490 e. The molecule has 0 aliphatic carbocycles. The molecule has 0 saturated carbocycles. The molecule has 0 radical (unpaired) electrons. The Bertz CT molecular complexity index is 369. The van der Waals surface area contributed by atoms with Crippen molar-refractivity contribution in [2.45, 2.75) is 26.4 Å². The fourth-order valence-corrected chi connectivity index (χ4v) is 1.40. The Labute approximate surface area is 101 Å². The van der Waals surface area contributed by atoms with E-state index in [2.05, 4.69) is 10.3 Å². The Morgan fingerprint density at radius 3 is 3.06 bits per heavy atom. The van der Waals surface area contributed by atoms with Crippen LogP contribution in [0.5, 0.6) is 5.75 Å². The lowest BCUT2D eigenvalue weighted by atomic mass is 10.2. The average Bonchev–Trinajstić information content (AvgIpc) is 2.29. The van der Waals surface area contributed by atoms with Gasteiger partial charge in [0.05, 0.1) is 6.10 Å². The molecule has 0 fully saturated rings. The van der Waals surface area contributed by atoms with E-state index < -0.39 is 5.97 Å². The summed E-state index contributed by atoms with van der Waals surface area (Å²) in [6.07, 6.45) is 3.62. The summed E-state index contributed by atoms with van der Waals surface area (Å²) in [5, 5.41) is 12.2. The second-order valence-electron chi connectivity index (χ2n) is 3.75. The van der Waals surface area contributed by atoms with Gasteiger partial charge in [-0.15, -0.1) is 0 Å². The van der Waals surface area contributed by atoms with Gasteiger partial charge in [-0.1, -0.05) is 6.92 Å². The van der Waals surface area contributed by atoms with E-state index in [1.807, 2.05) is 13.8 Å². The van der Waals surface area contributed by atoms with Crippen molar-refractivity contribution in [2.75, 3.05) is 13.1 Å². The second-order valence-corrected chi connectivity index (χ2v) is 3.75. The molecular weight excluding hydrogens is 220 g/mol. The van der Waals surface area contributed by atoms with Gasteiger partial charge in [0.2, 0.25) is 0 Å². The molecule has 0 spiro atoms. The summed E-state index contributed by atoms with van der Waals surface area (Å²) in [7, 11) is 0. The first-order valence-corrected chi connectivity index (χ1v) is 5.69. The first-order chi connectivity index (χ1) is 8.15. The largest absolute Gasteiger partial charge is 0.490 e. The van der Waals surface area contributed by atoms with Gasteiger partial charge >= 0.3 is 5.97 Å². The summed E-state index contributed by atoms with van der Waals surface area (Å²) in [6, 6.07) is 1.58. The zero-order chi connectivity index (χ0) is 12.7. The van der Waals surface area contributed by atoms with E-state index in [9.17, 15) is 4.79 Å². The van der Waals surface area contributed by atoms with Gasteiger partial charge in [-0.25, -0.2) is 4.79 Å². The van der Waals surface area contributed by atoms with E-state index in [4.69, 9.17) is 9.84 Å². The van der Waals surface area contributed by atoms with Crippen LogP contribution in [0.3, 0.4) is 0 Å². The van der Waals surface area contributed by atoms with Crippen LogP contribution in [-0.4, -0.2) is 35.3 Å². The van der Waals surface area contributed by atoms with Crippen molar-refractivity contribution in [3.63, 3.8) is 0 Å². The summed E-state index contributed by atoms with van der Waals surface area (Å²) in [5.41, 5.74) is 0.0998. The van der Waals surface area contributed by atoms with Gasteiger partial charge in [0.25, 0.3) is 0 Å². The summed E-state index contributed by atoms with van der Waals surface area (Å²) >= 11 is 0. The molecule has 94 valence electrons. The molecule has 5 heteroatoms. The summed E-state index contributed by atoms with van der Waals surface area (Å²) in [6.45, 7) is 5.73. The highest BCUT2D eigenvalue weighted by molar-refractivity contribution is 5.90. The number of carboxylic acids is 1. The zero-order valence-corrected chi connectivity index (χ0v) is 10.1. The lowest BCUT2D eigenvalue weighted by Crippen LogP contribution is -2.22. The van der Waals surface area contributed by atoms with Crippen LogP contribution in [0.1, 0.15) is 30.6 Å². The SMILES string of the molecule is CCNCCC(C)Oc1ccncc1C(=O)O. The van der Waals surface area contributed by atoms with Crippen LogP contribution in [0, 0.1) is 0 Å². The van der Waals surface area contributed by atoms with Crippen LogP contribution < -0.4 is 10.1 Å². The fraction of sp³-hybridized carbons (Fsp3) is 0.500. The number of aromatic nitrogens is 1. The van der Waals surface area contributed by atoms with Crippen molar-refractivity contribution in [1.82, 2.24) is 10.3 Å². The molecule has 1 rings (SSSR count). The minimum atomic E-state index is -1.02. The van der Waals surface area contributed by atoms with Crippen molar-refractivity contribution in [3.8, 4) is 5.75 Å². The number of rotatable bonds is 7. The standard InChI is InChI=1S/C12H18N2O3/c1-3-13-6-4-9(2)17-11-5-7-14-8-10(11)12(15)16/h5,7-9,13H,3-4,6H2,1-2H3,(H,15,16). The quantitative estimate of drug-likeness (QED) is 0.705. The Hall–Kier alpha value is -1.62. The molecule has 2 N–H and O–H groups in total. The van der Waals surface area contributed by atoms with E-state index >= 15 is 0 Å². The van der Waals surface area contributed by atoms with Crippen molar-refractivity contribution >= 4 is 5.97 Å². The maximum atomic E-state index is 10.9.